The topological polar surface area (TPSA) is 129 Å². The third-order valence-corrected chi connectivity index (χ3v) is 6.25. The predicted molar refractivity (Wildman–Crippen MR) is 123 cm³/mol. The standard InChI is InChI=1S/C22H18F3N7O3S/c23-22(24,25)36-14-4-1-12(2-5-14)11-35-21(34)32-8-7-15-18(10-32)27-30-19(15)20(33)26-13-3-6-16-17(9-13)29-31-28-16/h1-6,9H,7-8,10-11H2,(H,26,33)(H,27,30)(H,28,29,31). The Kier molecular flexibility index (Phi) is 6.26. The number of hydrogen-bond acceptors (Lipinski definition) is 7. The second-order valence-electron chi connectivity index (χ2n) is 7.94. The predicted octanol–water partition coefficient (Wildman–Crippen LogP) is 4.24. The molecule has 1 aliphatic heterocycles. The van der Waals surface area contributed by atoms with Gasteiger partial charge in [0, 0.05) is 22.7 Å². The summed E-state index contributed by atoms with van der Waals surface area (Å²) in [6, 6.07) is 10.8. The fourth-order valence-corrected chi connectivity index (χ4v) is 4.33. The smallest absolute Gasteiger partial charge is 0.445 e. The van der Waals surface area contributed by atoms with Crippen molar-refractivity contribution in [2.75, 3.05) is 11.9 Å². The van der Waals surface area contributed by atoms with Gasteiger partial charge in [-0.2, -0.15) is 18.3 Å². The monoisotopic (exact) mass is 517 g/mol. The zero-order chi connectivity index (χ0) is 25.3. The lowest BCUT2D eigenvalue weighted by molar-refractivity contribution is -0.0328. The Labute approximate surface area is 205 Å². The molecule has 1 aliphatic rings. The summed E-state index contributed by atoms with van der Waals surface area (Å²) >= 11 is -0.206. The molecule has 3 heterocycles. The molecule has 2 aromatic carbocycles. The van der Waals surface area contributed by atoms with Crippen LogP contribution in [0, 0.1) is 0 Å². The first-order valence-electron chi connectivity index (χ1n) is 10.7. The number of benzene rings is 2. The van der Waals surface area contributed by atoms with Gasteiger partial charge in [0.1, 0.15) is 17.8 Å². The summed E-state index contributed by atoms with van der Waals surface area (Å²) in [7, 11) is 0. The second kappa shape index (κ2) is 9.53. The van der Waals surface area contributed by atoms with Crippen LogP contribution in [0.5, 0.6) is 0 Å². The lowest BCUT2D eigenvalue weighted by atomic mass is 10.0. The van der Waals surface area contributed by atoms with Gasteiger partial charge in [-0.1, -0.05) is 17.3 Å². The number of carbonyl (C=O) groups is 2. The minimum atomic E-state index is -4.36. The van der Waals surface area contributed by atoms with Gasteiger partial charge in [0.15, 0.2) is 0 Å². The van der Waals surface area contributed by atoms with Crippen LogP contribution in [-0.4, -0.2) is 54.6 Å². The highest BCUT2D eigenvalue weighted by Gasteiger charge is 2.30. The molecule has 0 atom stereocenters. The quantitative estimate of drug-likeness (QED) is 0.338. The Morgan fingerprint density at radius 1 is 1.14 bits per heavy atom. The molecule has 0 spiro atoms. The number of H-pyrrole nitrogens is 2. The maximum Gasteiger partial charge on any atom is 0.446 e. The third-order valence-electron chi connectivity index (χ3n) is 5.51. The molecule has 186 valence electrons. The summed E-state index contributed by atoms with van der Waals surface area (Å²) in [5.74, 6) is -0.366. The van der Waals surface area contributed by atoms with Crippen LogP contribution in [0.15, 0.2) is 47.4 Å². The van der Waals surface area contributed by atoms with E-state index in [0.29, 0.717) is 41.1 Å². The summed E-state index contributed by atoms with van der Waals surface area (Å²) in [6.07, 6.45) is -0.181. The summed E-state index contributed by atoms with van der Waals surface area (Å²) in [4.78, 5) is 26.8. The van der Waals surface area contributed by atoms with Gasteiger partial charge in [-0.05, 0) is 54.1 Å². The summed E-state index contributed by atoms with van der Waals surface area (Å²) in [5.41, 5.74) is -0.289. The van der Waals surface area contributed by atoms with Crippen LogP contribution in [0.3, 0.4) is 0 Å². The molecule has 5 rings (SSSR count). The number of amides is 2. The van der Waals surface area contributed by atoms with E-state index in [0.717, 1.165) is 11.1 Å². The van der Waals surface area contributed by atoms with Gasteiger partial charge in [0.25, 0.3) is 5.91 Å². The highest BCUT2D eigenvalue weighted by atomic mass is 32.2. The number of thioether (sulfide) groups is 1. The number of anilines is 1. The van der Waals surface area contributed by atoms with Crippen LogP contribution in [0.25, 0.3) is 11.0 Å². The van der Waals surface area contributed by atoms with Crippen LogP contribution in [0.2, 0.25) is 0 Å². The molecular weight excluding hydrogens is 499 g/mol. The molecule has 3 N–H and O–H groups in total. The zero-order valence-corrected chi connectivity index (χ0v) is 19.2. The third kappa shape index (κ3) is 5.27. The Hall–Kier alpha value is -4.07. The lowest BCUT2D eigenvalue weighted by Gasteiger charge is -2.25. The van der Waals surface area contributed by atoms with Gasteiger partial charge in [0.2, 0.25) is 0 Å². The molecule has 10 nitrogen and oxygen atoms in total. The van der Waals surface area contributed by atoms with E-state index in [-0.39, 0.29) is 35.7 Å². The van der Waals surface area contributed by atoms with Crippen LogP contribution >= 0.6 is 11.8 Å². The van der Waals surface area contributed by atoms with Crippen LogP contribution in [0.4, 0.5) is 23.7 Å². The number of aromatic nitrogens is 5. The molecule has 0 bridgehead atoms. The first-order chi connectivity index (χ1) is 17.2. The number of ether oxygens (including phenoxy) is 1. The van der Waals surface area contributed by atoms with Crippen LogP contribution in [-0.2, 0) is 24.3 Å². The maximum atomic E-state index is 12.8. The average Bonchev–Trinajstić information content (AvgIpc) is 3.48. The van der Waals surface area contributed by atoms with Gasteiger partial charge in [-0.3, -0.25) is 15.0 Å². The highest BCUT2D eigenvalue weighted by molar-refractivity contribution is 8.00. The highest BCUT2D eigenvalue weighted by Crippen LogP contribution is 2.36. The second-order valence-corrected chi connectivity index (χ2v) is 9.08. The molecule has 2 aromatic heterocycles. The molecule has 0 radical (unpaired) electrons. The van der Waals surface area contributed by atoms with Crippen LogP contribution < -0.4 is 5.32 Å². The molecule has 14 heteroatoms. The van der Waals surface area contributed by atoms with E-state index in [4.69, 9.17) is 4.74 Å². The molecule has 36 heavy (non-hydrogen) atoms. The fraction of sp³-hybridized carbons (Fsp3) is 0.227. The van der Waals surface area contributed by atoms with Crippen LogP contribution in [0.1, 0.15) is 27.3 Å². The van der Waals surface area contributed by atoms with E-state index in [2.05, 4.69) is 30.9 Å². The van der Waals surface area contributed by atoms with Crippen molar-refractivity contribution in [3.05, 3.63) is 65.0 Å². The summed E-state index contributed by atoms with van der Waals surface area (Å²) < 4.78 is 42.6. The summed E-state index contributed by atoms with van der Waals surface area (Å²) in [6.45, 7) is 0.394. The van der Waals surface area contributed by atoms with Crippen molar-refractivity contribution in [1.29, 1.82) is 0 Å². The number of nitrogens with zero attached hydrogens (tertiary/aromatic N) is 4. The number of rotatable bonds is 5. The molecule has 0 fully saturated rings. The first kappa shape index (κ1) is 23.7. The largest absolute Gasteiger partial charge is 0.446 e. The zero-order valence-electron chi connectivity index (χ0n) is 18.4. The van der Waals surface area contributed by atoms with E-state index >= 15 is 0 Å². The van der Waals surface area contributed by atoms with E-state index in [9.17, 15) is 22.8 Å². The number of hydrogen-bond donors (Lipinski definition) is 3. The molecule has 0 saturated carbocycles. The lowest BCUT2D eigenvalue weighted by Crippen LogP contribution is -2.36. The summed E-state index contributed by atoms with van der Waals surface area (Å²) in [5, 5.41) is 20.1. The van der Waals surface area contributed by atoms with Crippen molar-refractivity contribution in [3.8, 4) is 0 Å². The van der Waals surface area contributed by atoms with E-state index in [1.54, 1.807) is 18.2 Å². The van der Waals surface area contributed by atoms with Crippen molar-refractivity contribution in [2.45, 2.75) is 30.0 Å². The van der Waals surface area contributed by atoms with Crippen molar-refractivity contribution < 1.29 is 27.5 Å². The van der Waals surface area contributed by atoms with E-state index in [1.165, 1.54) is 29.2 Å². The van der Waals surface area contributed by atoms with Gasteiger partial charge < -0.3 is 15.0 Å². The van der Waals surface area contributed by atoms with E-state index in [1.807, 2.05) is 0 Å². The molecular formula is C22H18F3N7O3S. The minimum absolute atomic E-state index is 0.0539. The normalized spacial score (nSPS) is 13.5. The Morgan fingerprint density at radius 3 is 2.72 bits per heavy atom. The van der Waals surface area contributed by atoms with Crippen molar-refractivity contribution >= 4 is 40.5 Å². The van der Waals surface area contributed by atoms with Crippen molar-refractivity contribution in [2.24, 2.45) is 0 Å². The Morgan fingerprint density at radius 2 is 1.94 bits per heavy atom. The number of alkyl halides is 3. The van der Waals surface area contributed by atoms with E-state index < -0.39 is 11.6 Å². The Bertz CT molecular complexity index is 1420. The Balaban J connectivity index is 1.17. The molecule has 2 amide bonds. The SMILES string of the molecule is O=C(Nc1ccc2[nH]nnc2c1)c1[nH]nc2c1CCN(C(=O)OCc1ccc(SC(F)(F)F)cc1)C2. The first-order valence-corrected chi connectivity index (χ1v) is 11.5. The van der Waals surface area contributed by atoms with Gasteiger partial charge in [-0.25, -0.2) is 4.79 Å². The minimum Gasteiger partial charge on any atom is -0.445 e. The fourth-order valence-electron chi connectivity index (χ4n) is 3.79. The molecule has 0 saturated heterocycles. The maximum absolute atomic E-state index is 12.8. The number of nitrogens with one attached hydrogen (secondary N) is 3. The number of halogens is 3. The molecule has 4 aromatic rings. The van der Waals surface area contributed by atoms with Gasteiger partial charge >= 0.3 is 11.6 Å². The average molecular weight is 517 g/mol. The molecule has 0 unspecified atom stereocenters. The van der Waals surface area contributed by atoms with Gasteiger partial charge in [-0.15, -0.1) is 5.10 Å². The van der Waals surface area contributed by atoms with Crippen molar-refractivity contribution in [3.63, 3.8) is 0 Å². The number of aromatic amines is 2. The van der Waals surface area contributed by atoms with Gasteiger partial charge in [0.05, 0.1) is 17.8 Å². The van der Waals surface area contributed by atoms with Crippen molar-refractivity contribution in [1.82, 2.24) is 30.5 Å². The number of fused-ring (bicyclic) bond motifs is 2. The number of carbonyl (C=O) groups excluding carboxylic acids is 2. The molecule has 0 aliphatic carbocycles.